The van der Waals surface area contributed by atoms with Crippen LogP contribution in [0.1, 0.15) is 0 Å². The minimum Gasteiger partial charge on any atom is -0.370 e. The first-order valence-electron chi connectivity index (χ1n) is 3.76. The average Bonchev–Trinajstić information content (AvgIpc) is 2.03. The molecule has 0 saturated carbocycles. The van der Waals surface area contributed by atoms with Gasteiger partial charge in [-0.25, -0.2) is 4.99 Å². The number of hydrogen-bond donors (Lipinski definition) is 5. The van der Waals surface area contributed by atoms with Gasteiger partial charge in [-0.1, -0.05) is 18.2 Å². The van der Waals surface area contributed by atoms with Crippen molar-refractivity contribution in [3.05, 3.63) is 30.3 Å². The Balaban J connectivity index is 0.000000364. The van der Waals surface area contributed by atoms with Crippen LogP contribution in [-0.4, -0.2) is 11.9 Å². The number of guanidine groups is 2. The Morgan fingerprint density at radius 2 is 1.43 bits per heavy atom. The van der Waals surface area contributed by atoms with E-state index in [1.54, 1.807) is 0 Å². The van der Waals surface area contributed by atoms with Gasteiger partial charge in [-0.05, 0) is 12.1 Å². The Morgan fingerprint density at radius 1 is 1.00 bits per heavy atom. The van der Waals surface area contributed by atoms with Crippen molar-refractivity contribution >= 4 is 17.6 Å². The van der Waals surface area contributed by atoms with Gasteiger partial charge in [-0.2, -0.15) is 0 Å². The number of nitrogens with zero attached hydrogens (tertiary/aromatic N) is 1. The summed E-state index contributed by atoms with van der Waals surface area (Å²) >= 11 is 0. The van der Waals surface area contributed by atoms with E-state index in [1.165, 1.54) is 0 Å². The van der Waals surface area contributed by atoms with Crippen molar-refractivity contribution in [1.82, 2.24) is 0 Å². The Kier molecular flexibility index (Phi) is 5.29. The summed E-state index contributed by atoms with van der Waals surface area (Å²) in [7, 11) is 0. The fourth-order valence-electron chi connectivity index (χ4n) is 0.652. The molecule has 76 valence electrons. The van der Waals surface area contributed by atoms with Crippen molar-refractivity contribution in [1.29, 1.82) is 5.41 Å². The van der Waals surface area contributed by atoms with Crippen LogP contribution in [0.3, 0.4) is 0 Å². The van der Waals surface area contributed by atoms with Gasteiger partial charge in [0.1, 0.15) is 0 Å². The molecule has 6 heteroatoms. The lowest BCUT2D eigenvalue weighted by Gasteiger charge is -1.91. The molecule has 0 radical (unpaired) electrons. The van der Waals surface area contributed by atoms with Gasteiger partial charge in [-0.15, -0.1) is 0 Å². The van der Waals surface area contributed by atoms with E-state index in [4.69, 9.17) is 16.9 Å². The Hall–Kier alpha value is -2.24. The van der Waals surface area contributed by atoms with Gasteiger partial charge < -0.3 is 22.9 Å². The monoisotopic (exact) mass is 194 g/mol. The highest BCUT2D eigenvalue weighted by molar-refractivity contribution is 5.78. The van der Waals surface area contributed by atoms with Crippen LogP contribution in [0.2, 0.25) is 0 Å². The summed E-state index contributed by atoms with van der Waals surface area (Å²) in [6, 6.07) is 9.33. The van der Waals surface area contributed by atoms with E-state index in [2.05, 4.69) is 16.5 Å². The van der Waals surface area contributed by atoms with Crippen molar-refractivity contribution in [2.75, 3.05) is 0 Å². The zero-order chi connectivity index (χ0) is 11.0. The summed E-state index contributed by atoms with van der Waals surface area (Å²) in [6.45, 7) is 0. The van der Waals surface area contributed by atoms with E-state index in [0.29, 0.717) is 0 Å². The third-order valence-electron chi connectivity index (χ3n) is 1.01. The fraction of sp³-hybridized carbons (Fsp3) is 0. The molecular weight excluding hydrogens is 180 g/mol. The Bertz CT molecular complexity index is 297. The fourth-order valence-corrected chi connectivity index (χ4v) is 0.652. The molecular formula is C8H14N6. The molecule has 14 heavy (non-hydrogen) atoms. The number of aliphatic imine (C=N–C) groups is 1. The highest BCUT2D eigenvalue weighted by Gasteiger charge is 1.83. The maximum Gasteiger partial charge on any atom is 0.191 e. The van der Waals surface area contributed by atoms with Crippen molar-refractivity contribution in [3.8, 4) is 0 Å². The second-order valence-electron chi connectivity index (χ2n) is 2.33. The third-order valence-corrected chi connectivity index (χ3v) is 1.01. The minimum atomic E-state index is -0.333. The molecule has 0 amide bonds. The van der Waals surface area contributed by atoms with Crippen molar-refractivity contribution in [2.24, 2.45) is 27.9 Å². The van der Waals surface area contributed by atoms with E-state index in [1.807, 2.05) is 30.3 Å². The normalized spacial score (nSPS) is 8.00. The molecule has 0 spiro atoms. The molecule has 0 unspecified atom stereocenters. The van der Waals surface area contributed by atoms with Crippen LogP contribution >= 0.6 is 0 Å². The van der Waals surface area contributed by atoms with Crippen LogP contribution in [0.4, 0.5) is 5.69 Å². The topological polar surface area (TPSA) is 140 Å². The predicted molar refractivity (Wildman–Crippen MR) is 58.0 cm³/mol. The summed E-state index contributed by atoms with van der Waals surface area (Å²) < 4.78 is 0. The lowest BCUT2D eigenvalue weighted by Crippen LogP contribution is -2.21. The van der Waals surface area contributed by atoms with Crippen molar-refractivity contribution < 1.29 is 0 Å². The maximum absolute atomic E-state index is 6.06. The first kappa shape index (κ1) is 11.8. The maximum atomic E-state index is 6.06. The number of benzene rings is 1. The molecule has 0 aromatic heterocycles. The molecule has 0 aliphatic carbocycles. The number of nitrogens with one attached hydrogen (secondary N) is 1. The van der Waals surface area contributed by atoms with Crippen LogP contribution in [0.25, 0.3) is 0 Å². The van der Waals surface area contributed by atoms with Crippen LogP contribution in [0.15, 0.2) is 35.3 Å². The average molecular weight is 194 g/mol. The van der Waals surface area contributed by atoms with Gasteiger partial charge in [0.05, 0.1) is 5.69 Å². The van der Waals surface area contributed by atoms with Gasteiger partial charge in [0, 0.05) is 0 Å². The zero-order valence-corrected chi connectivity index (χ0v) is 7.64. The predicted octanol–water partition coefficient (Wildman–Crippen LogP) is -0.570. The molecule has 0 atom stereocenters. The molecule has 0 aliphatic heterocycles. The molecule has 0 fully saturated rings. The van der Waals surface area contributed by atoms with E-state index in [0.717, 1.165) is 5.69 Å². The Morgan fingerprint density at radius 3 is 1.79 bits per heavy atom. The van der Waals surface area contributed by atoms with Gasteiger partial charge in [-0.3, -0.25) is 5.41 Å². The lowest BCUT2D eigenvalue weighted by atomic mass is 10.3. The van der Waals surface area contributed by atoms with Crippen molar-refractivity contribution in [3.63, 3.8) is 0 Å². The second-order valence-corrected chi connectivity index (χ2v) is 2.33. The summed E-state index contributed by atoms with van der Waals surface area (Å²) in [6.07, 6.45) is 0. The van der Waals surface area contributed by atoms with Crippen molar-refractivity contribution in [2.45, 2.75) is 0 Å². The summed E-state index contributed by atoms with van der Waals surface area (Å²) in [4.78, 5) is 3.83. The summed E-state index contributed by atoms with van der Waals surface area (Å²) in [5, 5.41) is 6.06. The molecule has 0 heterocycles. The van der Waals surface area contributed by atoms with Gasteiger partial charge in [0.15, 0.2) is 11.9 Å². The molecule has 6 nitrogen and oxygen atoms in total. The van der Waals surface area contributed by atoms with Crippen LogP contribution in [0.5, 0.6) is 0 Å². The largest absolute Gasteiger partial charge is 0.370 e. The first-order valence-corrected chi connectivity index (χ1v) is 3.76. The van der Waals surface area contributed by atoms with Crippen LogP contribution in [0, 0.1) is 5.41 Å². The minimum absolute atomic E-state index is 0.0891. The van der Waals surface area contributed by atoms with E-state index < -0.39 is 0 Å². The van der Waals surface area contributed by atoms with Gasteiger partial charge in [0.2, 0.25) is 0 Å². The van der Waals surface area contributed by atoms with Crippen LogP contribution in [-0.2, 0) is 0 Å². The second kappa shape index (κ2) is 6.30. The van der Waals surface area contributed by atoms with Gasteiger partial charge >= 0.3 is 0 Å². The highest BCUT2D eigenvalue weighted by Crippen LogP contribution is 2.07. The standard InChI is InChI=1S/C7H9N3.CH5N3/c8-7(9)10-6-4-2-1-3-5-6;2-1(3)4/h1-5H,(H4,8,9,10);(H5,2,3,4). The SMILES string of the molecule is N=C(N)N.NC(N)=Nc1ccccc1. The molecule has 1 aromatic carbocycles. The molecule has 0 aliphatic rings. The van der Waals surface area contributed by atoms with Gasteiger partial charge in [0.25, 0.3) is 0 Å². The lowest BCUT2D eigenvalue weighted by molar-refractivity contribution is 1.39. The molecule has 1 aromatic rings. The van der Waals surface area contributed by atoms with E-state index in [-0.39, 0.29) is 11.9 Å². The Labute approximate surface area is 82.1 Å². The number of rotatable bonds is 1. The third kappa shape index (κ3) is 7.86. The highest BCUT2D eigenvalue weighted by atomic mass is 15.0. The quantitative estimate of drug-likeness (QED) is 0.301. The molecule has 9 N–H and O–H groups in total. The number of hydrogen-bond acceptors (Lipinski definition) is 2. The van der Waals surface area contributed by atoms with E-state index >= 15 is 0 Å². The first-order chi connectivity index (χ1) is 6.52. The zero-order valence-electron chi connectivity index (χ0n) is 7.64. The van der Waals surface area contributed by atoms with Crippen LogP contribution < -0.4 is 22.9 Å². The van der Waals surface area contributed by atoms with E-state index in [9.17, 15) is 0 Å². The summed E-state index contributed by atoms with van der Waals surface area (Å²) in [5.41, 5.74) is 20.0. The molecule has 0 bridgehead atoms. The summed E-state index contributed by atoms with van der Waals surface area (Å²) in [5.74, 6) is -0.244. The number of para-hydroxylation sites is 1. The molecule has 0 saturated heterocycles. The number of nitrogens with two attached hydrogens (primary N) is 4. The smallest absolute Gasteiger partial charge is 0.191 e. The molecule has 1 rings (SSSR count).